The van der Waals surface area contributed by atoms with Gasteiger partial charge in [0.15, 0.2) is 5.78 Å². The van der Waals surface area contributed by atoms with Crippen molar-refractivity contribution in [3.63, 3.8) is 0 Å². The number of rotatable bonds is 4. The van der Waals surface area contributed by atoms with Crippen LogP contribution < -0.4 is 0 Å². The SMILES string of the molecule is O=C(CSc1nc2ccccc2cc1Br)c1ccccc1. The molecule has 0 fully saturated rings. The first-order valence-electron chi connectivity index (χ1n) is 6.50. The van der Waals surface area contributed by atoms with Gasteiger partial charge in [0.2, 0.25) is 0 Å². The number of hydrogen-bond acceptors (Lipinski definition) is 3. The molecule has 104 valence electrons. The van der Waals surface area contributed by atoms with Crippen LogP contribution in [0.5, 0.6) is 0 Å². The maximum atomic E-state index is 12.1. The normalized spacial score (nSPS) is 10.7. The third-order valence-corrected chi connectivity index (χ3v) is 4.94. The molecule has 4 heteroatoms. The summed E-state index contributed by atoms with van der Waals surface area (Å²) in [5.74, 6) is 0.496. The van der Waals surface area contributed by atoms with Crippen molar-refractivity contribution in [1.82, 2.24) is 4.98 Å². The van der Waals surface area contributed by atoms with Crippen LogP contribution in [0.15, 0.2) is 70.2 Å². The third-order valence-electron chi connectivity index (χ3n) is 3.08. The van der Waals surface area contributed by atoms with E-state index in [9.17, 15) is 4.79 Å². The number of ketones is 1. The minimum atomic E-state index is 0.113. The minimum Gasteiger partial charge on any atom is -0.293 e. The molecule has 21 heavy (non-hydrogen) atoms. The summed E-state index contributed by atoms with van der Waals surface area (Å²) in [7, 11) is 0. The predicted octanol–water partition coefficient (Wildman–Crippen LogP) is 4.97. The summed E-state index contributed by atoms with van der Waals surface area (Å²) in [6.45, 7) is 0. The number of carbonyl (C=O) groups is 1. The van der Waals surface area contributed by atoms with Crippen molar-refractivity contribution in [2.75, 3.05) is 5.75 Å². The van der Waals surface area contributed by atoms with E-state index in [-0.39, 0.29) is 5.78 Å². The summed E-state index contributed by atoms with van der Waals surface area (Å²) in [4.78, 5) is 16.7. The van der Waals surface area contributed by atoms with E-state index in [0.717, 1.165) is 26.0 Å². The summed E-state index contributed by atoms with van der Waals surface area (Å²) in [6.07, 6.45) is 0. The van der Waals surface area contributed by atoms with Gasteiger partial charge in [-0.3, -0.25) is 4.79 Å². The van der Waals surface area contributed by atoms with Gasteiger partial charge in [0.1, 0.15) is 5.03 Å². The van der Waals surface area contributed by atoms with Crippen LogP contribution in [-0.4, -0.2) is 16.5 Å². The van der Waals surface area contributed by atoms with Crippen molar-refractivity contribution < 1.29 is 4.79 Å². The molecular weight excluding hydrogens is 346 g/mol. The van der Waals surface area contributed by atoms with Crippen molar-refractivity contribution in [1.29, 1.82) is 0 Å². The molecule has 0 atom stereocenters. The lowest BCUT2D eigenvalue weighted by atomic mass is 10.2. The van der Waals surface area contributed by atoms with Gasteiger partial charge in [-0.05, 0) is 28.1 Å². The lowest BCUT2D eigenvalue weighted by molar-refractivity contribution is 0.102. The maximum Gasteiger partial charge on any atom is 0.173 e. The molecule has 0 aliphatic rings. The van der Waals surface area contributed by atoms with E-state index >= 15 is 0 Å². The van der Waals surface area contributed by atoms with E-state index < -0.39 is 0 Å². The van der Waals surface area contributed by atoms with E-state index in [1.807, 2.05) is 60.7 Å². The van der Waals surface area contributed by atoms with Gasteiger partial charge in [0, 0.05) is 10.9 Å². The molecule has 0 N–H and O–H groups in total. The molecule has 0 unspecified atom stereocenters. The zero-order valence-corrected chi connectivity index (χ0v) is 13.5. The van der Waals surface area contributed by atoms with Gasteiger partial charge >= 0.3 is 0 Å². The van der Waals surface area contributed by atoms with E-state index in [2.05, 4.69) is 20.9 Å². The monoisotopic (exact) mass is 357 g/mol. The Morgan fingerprint density at radius 2 is 1.76 bits per heavy atom. The summed E-state index contributed by atoms with van der Waals surface area (Å²) in [5, 5.41) is 1.93. The standard InChI is InChI=1S/C17H12BrNOS/c18-14-10-13-8-4-5-9-15(13)19-17(14)21-11-16(20)12-6-2-1-3-7-12/h1-10H,11H2. The first kappa shape index (κ1) is 14.3. The number of carbonyl (C=O) groups excluding carboxylic acids is 1. The van der Waals surface area contributed by atoms with Crippen molar-refractivity contribution in [2.45, 2.75) is 5.03 Å². The second-order valence-corrected chi connectivity index (χ2v) is 6.36. The van der Waals surface area contributed by atoms with Crippen LogP contribution in [0.4, 0.5) is 0 Å². The second-order valence-electron chi connectivity index (χ2n) is 4.55. The molecule has 0 aliphatic heterocycles. The highest BCUT2D eigenvalue weighted by Gasteiger charge is 2.10. The maximum absolute atomic E-state index is 12.1. The van der Waals surface area contributed by atoms with Gasteiger partial charge in [-0.2, -0.15) is 0 Å². The molecule has 0 saturated carbocycles. The summed E-state index contributed by atoms with van der Waals surface area (Å²) >= 11 is 4.99. The second kappa shape index (κ2) is 6.41. The lowest BCUT2D eigenvalue weighted by Crippen LogP contribution is -2.02. The number of para-hydroxylation sites is 1. The highest BCUT2D eigenvalue weighted by molar-refractivity contribution is 9.10. The van der Waals surface area contributed by atoms with Gasteiger partial charge < -0.3 is 0 Å². The number of benzene rings is 2. The Hall–Kier alpha value is -1.65. The topological polar surface area (TPSA) is 30.0 Å². The van der Waals surface area contributed by atoms with E-state index in [0.29, 0.717) is 5.75 Å². The molecule has 3 rings (SSSR count). The molecule has 0 spiro atoms. The molecule has 2 nitrogen and oxygen atoms in total. The molecule has 0 bridgehead atoms. The first-order chi connectivity index (χ1) is 10.2. The highest BCUT2D eigenvalue weighted by atomic mass is 79.9. The Morgan fingerprint density at radius 3 is 2.57 bits per heavy atom. The van der Waals surface area contributed by atoms with Crippen LogP contribution in [0.25, 0.3) is 10.9 Å². The van der Waals surface area contributed by atoms with E-state index in [1.54, 1.807) is 0 Å². The zero-order valence-electron chi connectivity index (χ0n) is 11.1. The number of thioether (sulfide) groups is 1. The molecule has 0 saturated heterocycles. The third kappa shape index (κ3) is 3.34. The van der Waals surface area contributed by atoms with Gasteiger partial charge in [-0.1, -0.05) is 60.3 Å². The predicted molar refractivity (Wildman–Crippen MR) is 90.9 cm³/mol. The molecule has 0 aliphatic carbocycles. The Balaban J connectivity index is 1.79. The van der Waals surface area contributed by atoms with Crippen LogP contribution in [0, 0.1) is 0 Å². The molecule has 0 amide bonds. The number of halogens is 1. The number of Topliss-reactive ketones (excluding diaryl/α,β-unsaturated/α-hetero) is 1. The average molecular weight is 358 g/mol. The Kier molecular flexibility index (Phi) is 4.36. The Bertz CT molecular complexity index is 789. The number of aromatic nitrogens is 1. The van der Waals surface area contributed by atoms with Gasteiger partial charge in [-0.25, -0.2) is 4.98 Å². The molecule has 0 radical (unpaired) electrons. The number of fused-ring (bicyclic) bond motifs is 1. The first-order valence-corrected chi connectivity index (χ1v) is 8.28. The van der Waals surface area contributed by atoms with Gasteiger partial charge in [0.05, 0.1) is 15.7 Å². The molecule has 1 heterocycles. The molecule has 2 aromatic carbocycles. The largest absolute Gasteiger partial charge is 0.293 e. The van der Waals surface area contributed by atoms with Crippen molar-refractivity contribution in [2.24, 2.45) is 0 Å². The fourth-order valence-electron chi connectivity index (χ4n) is 2.01. The van der Waals surface area contributed by atoms with Crippen LogP contribution in [0.2, 0.25) is 0 Å². The van der Waals surface area contributed by atoms with Crippen LogP contribution in [0.3, 0.4) is 0 Å². The zero-order chi connectivity index (χ0) is 14.7. The quantitative estimate of drug-likeness (QED) is 0.487. The van der Waals surface area contributed by atoms with Crippen LogP contribution in [0.1, 0.15) is 10.4 Å². The fraction of sp³-hybridized carbons (Fsp3) is 0.0588. The summed E-state index contributed by atoms with van der Waals surface area (Å²) < 4.78 is 0.923. The number of hydrogen-bond donors (Lipinski definition) is 0. The van der Waals surface area contributed by atoms with Gasteiger partial charge in [-0.15, -0.1) is 0 Å². The van der Waals surface area contributed by atoms with Gasteiger partial charge in [0.25, 0.3) is 0 Å². The highest BCUT2D eigenvalue weighted by Crippen LogP contribution is 2.29. The molecule has 1 aromatic heterocycles. The summed E-state index contributed by atoms with van der Waals surface area (Å²) in [5.41, 5.74) is 1.68. The van der Waals surface area contributed by atoms with E-state index in [1.165, 1.54) is 11.8 Å². The fourth-order valence-corrected chi connectivity index (χ4v) is 3.49. The average Bonchev–Trinajstić information content (AvgIpc) is 2.53. The van der Waals surface area contributed by atoms with E-state index in [4.69, 9.17) is 0 Å². The van der Waals surface area contributed by atoms with Crippen molar-refractivity contribution >= 4 is 44.4 Å². The summed E-state index contributed by atoms with van der Waals surface area (Å²) in [6, 6.07) is 19.3. The number of nitrogens with zero attached hydrogens (tertiary/aromatic N) is 1. The lowest BCUT2D eigenvalue weighted by Gasteiger charge is -2.05. The Labute approximate surface area is 135 Å². The van der Waals surface area contributed by atoms with Crippen molar-refractivity contribution in [3.8, 4) is 0 Å². The minimum absolute atomic E-state index is 0.113. The molecular formula is C17H12BrNOS. The Morgan fingerprint density at radius 1 is 1.05 bits per heavy atom. The van der Waals surface area contributed by atoms with Crippen LogP contribution in [-0.2, 0) is 0 Å². The number of pyridine rings is 1. The molecule has 3 aromatic rings. The van der Waals surface area contributed by atoms with Crippen molar-refractivity contribution in [3.05, 3.63) is 70.7 Å². The smallest absolute Gasteiger partial charge is 0.173 e. The van der Waals surface area contributed by atoms with Crippen LogP contribution >= 0.6 is 27.7 Å².